The van der Waals surface area contributed by atoms with Crippen LogP contribution in [0, 0.1) is 0 Å². The second-order valence-corrected chi connectivity index (χ2v) is 6.84. The van der Waals surface area contributed by atoms with Gasteiger partial charge in [-0.2, -0.15) is 0 Å². The van der Waals surface area contributed by atoms with Gasteiger partial charge in [-0.25, -0.2) is 0 Å². The Morgan fingerprint density at radius 2 is 1.46 bits per heavy atom. The van der Waals surface area contributed by atoms with Gasteiger partial charge < -0.3 is 5.32 Å². The van der Waals surface area contributed by atoms with Crippen molar-refractivity contribution in [3.05, 3.63) is 83.4 Å². The van der Waals surface area contributed by atoms with Crippen molar-refractivity contribution in [2.75, 3.05) is 13.1 Å². The van der Waals surface area contributed by atoms with Gasteiger partial charge in [0.2, 0.25) is 5.91 Å². The van der Waals surface area contributed by atoms with Crippen LogP contribution in [-0.2, 0) is 11.2 Å². The summed E-state index contributed by atoms with van der Waals surface area (Å²) in [7, 11) is 0. The molecule has 0 bridgehead atoms. The van der Waals surface area contributed by atoms with Gasteiger partial charge in [0.15, 0.2) is 0 Å². The lowest BCUT2D eigenvalue weighted by atomic mass is 9.94. The van der Waals surface area contributed by atoms with Crippen LogP contribution in [0.15, 0.2) is 66.7 Å². The number of nitrogens with zero attached hydrogens (tertiary/aromatic N) is 1. The number of hydrogen-bond acceptors (Lipinski definition) is 3. The molecule has 0 saturated heterocycles. The number of aryl methyl sites for hydroxylation is 1. The van der Waals surface area contributed by atoms with Crippen LogP contribution < -0.4 is 5.32 Å². The molecule has 3 aromatic carbocycles. The normalized spacial score (nSPS) is 13.1. The summed E-state index contributed by atoms with van der Waals surface area (Å²) in [6.07, 6.45) is 1.65. The summed E-state index contributed by atoms with van der Waals surface area (Å²) in [6, 6.07) is 20.8. The first-order valence-corrected chi connectivity index (χ1v) is 9.34. The summed E-state index contributed by atoms with van der Waals surface area (Å²) < 4.78 is 0. The predicted octanol–water partition coefficient (Wildman–Crippen LogP) is 3.18. The Morgan fingerprint density at radius 1 is 0.821 bits per heavy atom. The third kappa shape index (κ3) is 3.39. The lowest BCUT2D eigenvalue weighted by molar-refractivity contribution is -0.121. The number of rotatable bonds is 6. The third-order valence-corrected chi connectivity index (χ3v) is 4.96. The van der Waals surface area contributed by atoms with Gasteiger partial charge in [0.1, 0.15) is 6.54 Å². The summed E-state index contributed by atoms with van der Waals surface area (Å²) in [5.41, 5.74) is 2.14. The van der Waals surface area contributed by atoms with Crippen molar-refractivity contribution in [2.24, 2.45) is 0 Å². The van der Waals surface area contributed by atoms with E-state index in [2.05, 4.69) is 5.32 Å². The smallest absolute Gasteiger partial charge is 0.261 e. The van der Waals surface area contributed by atoms with Crippen molar-refractivity contribution < 1.29 is 14.4 Å². The highest BCUT2D eigenvalue weighted by atomic mass is 16.2. The van der Waals surface area contributed by atoms with E-state index >= 15 is 0 Å². The zero-order chi connectivity index (χ0) is 19.5. The van der Waals surface area contributed by atoms with Crippen LogP contribution in [0.2, 0.25) is 0 Å². The van der Waals surface area contributed by atoms with Crippen molar-refractivity contribution in [3.8, 4) is 0 Å². The molecule has 4 rings (SSSR count). The average molecular weight is 372 g/mol. The first kappa shape index (κ1) is 17.9. The number of hydrogen-bond donors (Lipinski definition) is 1. The topological polar surface area (TPSA) is 66.5 Å². The molecule has 0 aliphatic carbocycles. The number of imide groups is 1. The SMILES string of the molecule is O=C(CN1C(=O)c2cccc3cccc(c23)C1=O)NCCCc1ccccc1. The van der Waals surface area contributed by atoms with Gasteiger partial charge in [-0.05, 0) is 35.9 Å². The molecule has 1 aliphatic rings. The van der Waals surface area contributed by atoms with Gasteiger partial charge >= 0.3 is 0 Å². The molecule has 28 heavy (non-hydrogen) atoms. The fourth-order valence-electron chi connectivity index (χ4n) is 3.59. The van der Waals surface area contributed by atoms with Gasteiger partial charge in [-0.3, -0.25) is 19.3 Å². The molecule has 3 aromatic rings. The lowest BCUT2D eigenvalue weighted by Gasteiger charge is -2.26. The molecule has 140 valence electrons. The highest BCUT2D eigenvalue weighted by Crippen LogP contribution is 2.29. The van der Waals surface area contributed by atoms with E-state index in [0.717, 1.165) is 23.1 Å². The fourth-order valence-corrected chi connectivity index (χ4v) is 3.59. The van der Waals surface area contributed by atoms with Crippen molar-refractivity contribution in [3.63, 3.8) is 0 Å². The van der Waals surface area contributed by atoms with Crippen LogP contribution in [0.25, 0.3) is 10.8 Å². The molecule has 3 amide bonds. The number of amides is 3. The number of benzene rings is 3. The second kappa shape index (κ2) is 7.64. The van der Waals surface area contributed by atoms with Gasteiger partial charge in [-0.1, -0.05) is 54.6 Å². The Morgan fingerprint density at radius 3 is 2.11 bits per heavy atom. The van der Waals surface area contributed by atoms with Crippen LogP contribution in [0.1, 0.15) is 32.7 Å². The minimum Gasteiger partial charge on any atom is -0.355 e. The summed E-state index contributed by atoms with van der Waals surface area (Å²) >= 11 is 0. The molecule has 0 atom stereocenters. The van der Waals surface area contributed by atoms with Crippen molar-refractivity contribution >= 4 is 28.5 Å². The van der Waals surface area contributed by atoms with E-state index in [9.17, 15) is 14.4 Å². The molecule has 1 N–H and O–H groups in total. The van der Waals surface area contributed by atoms with Crippen LogP contribution >= 0.6 is 0 Å². The maximum atomic E-state index is 12.8. The van der Waals surface area contributed by atoms with Gasteiger partial charge in [0, 0.05) is 23.1 Å². The van der Waals surface area contributed by atoms with Crippen molar-refractivity contribution in [2.45, 2.75) is 12.8 Å². The summed E-state index contributed by atoms with van der Waals surface area (Å²) in [5.74, 6) is -1.18. The quantitative estimate of drug-likeness (QED) is 0.534. The van der Waals surface area contributed by atoms with Crippen LogP contribution in [0.4, 0.5) is 0 Å². The first-order valence-electron chi connectivity index (χ1n) is 9.34. The maximum Gasteiger partial charge on any atom is 0.261 e. The zero-order valence-corrected chi connectivity index (χ0v) is 15.4. The summed E-state index contributed by atoms with van der Waals surface area (Å²) in [5, 5.41) is 4.32. The Balaban J connectivity index is 1.40. The van der Waals surface area contributed by atoms with E-state index in [0.29, 0.717) is 23.1 Å². The average Bonchev–Trinajstić information content (AvgIpc) is 2.73. The largest absolute Gasteiger partial charge is 0.355 e. The molecule has 0 saturated carbocycles. The number of nitrogens with one attached hydrogen (secondary N) is 1. The molecule has 1 aliphatic heterocycles. The maximum absolute atomic E-state index is 12.8. The monoisotopic (exact) mass is 372 g/mol. The first-order chi connectivity index (χ1) is 13.6. The molecule has 0 spiro atoms. The molecular formula is C23H20N2O3. The van der Waals surface area contributed by atoms with E-state index in [4.69, 9.17) is 0 Å². The molecule has 0 aromatic heterocycles. The van der Waals surface area contributed by atoms with Crippen LogP contribution in [0.3, 0.4) is 0 Å². The Hall–Kier alpha value is -3.47. The van der Waals surface area contributed by atoms with Gasteiger partial charge in [0.05, 0.1) is 0 Å². The highest BCUT2D eigenvalue weighted by Gasteiger charge is 2.33. The molecule has 0 unspecified atom stereocenters. The molecule has 0 fully saturated rings. The summed E-state index contributed by atoms with van der Waals surface area (Å²) in [4.78, 5) is 38.9. The van der Waals surface area contributed by atoms with E-state index in [1.807, 2.05) is 42.5 Å². The standard InChI is InChI=1S/C23H20N2O3/c26-20(24-14-6-9-16-7-2-1-3-8-16)15-25-22(27)18-12-4-10-17-11-5-13-19(21(17)18)23(25)28/h1-5,7-8,10-13H,6,9,14-15H2,(H,24,26). The van der Waals surface area contributed by atoms with Crippen molar-refractivity contribution in [1.82, 2.24) is 10.2 Å². The summed E-state index contributed by atoms with van der Waals surface area (Å²) in [6.45, 7) is 0.226. The fraction of sp³-hybridized carbons (Fsp3) is 0.174. The van der Waals surface area contributed by atoms with Gasteiger partial charge in [-0.15, -0.1) is 0 Å². The molecule has 5 heteroatoms. The van der Waals surface area contributed by atoms with E-state index < -0.39 is 11.8 Å². The second-order valence-electron chi connectivity index (χ2n) is 6.84. The Kier molecular flexibility index (Phi) is 4.89. The zero-order valence-electron chi connectivity index (χ0n) is 15.4. The Labute approximate surface area is 163 Å². The minimum absolute atomic E-state index is 0.270. The van der Waals surface area contributed by atoms with E-state index in [1.54, 1.807) is 24.3 Å². The Bertz CT molecular complexity index is 1010. The lowest BCUT2D eigenvalue weighted by Crippen LogP contribution is -2.46. The van der Waals surface area contributed by atoms with E-state index in [-0.39, 0.29) is 12.5 Å². The van der Waals surface area contributed by atoms with E-state index in [1.165, 1.54) is 5.56 Å². The number of carbonyl (C=O) groups is 3. The molecular weight excluding hydrogens is 352 g/mol. The third-order valence-electron chi connectivity index (χ3n) is 4.96. The minimum atomic E-state index is -0.422. The predicted molar refractivity (Wildman–Crippen MR) is 107 cm³/mol. The molecule has 1 heterocycles. The molecule has 0 radical (unpaired) electrons. The van der Waals surface area contributed by atoms with Crippen LogP contribution in [-0.4, -0.2) is 35.7 Å². The number of carbonyl (C=O) groups excluding carboxylic acids is 3. The van der Waals surface area contributed by atoms with Crippen LogP contribution in [0.5, 0.6) is 0 Å². The molecule has 5 nitrogen and oxygen atoms in total. The highest BCUT2D eigenvalue weighted by molar-refractivity contribution is 6.26. The van der Waals surface area contributed by atoms with Crippen molar-refractivity contribution in [1.29, 1.82) is 0 Å². The van der Waals surface area contributed by atoms with Gasteiger partial charge in [0.25, 0.3) is 11.8 Å².